The fourth-order valence-corrected chi connectivity index (χ4v) is 0.754. The standard InChI is InChI=1S/C9H20N4/c1-6-12(4)9(11-10)7-13(5)8(2)3/h6,8H,1,7,10H2,2-5H3/b11-9-. The lowest BCUT2D eigenvalue weighted by molar-refractivity contribution is 0.304. The molecule has 0 aromatic carbocycles. The number of likely N-dealkylation sites (N-methyl/N-ethyl adjacent to an activating group) is 2. The number of rotatable bonds is 4. The Morgan fingerprint density at radius 2 is 2.08 bits per heavy atom. The van der Waals surface area contributed by atoms with Gasteiger partial charge in [0.25, 0.3) is 0 Å². The molecule has 2 N–H and O–H groups in total. The largest absolute Gasteiger partial charge is 0.338 e. The van der Waals surface area contributed by atoms with Crippen molar-refractivity contribution in [1.82, 2.24) is 9.80 Å². The maximum absolute atomic E-state index is 5.27. The minimum absolute atomic E-state index is 0.481. The van der Waals surface area contributed by atoms with Gasteiger partial charge >= 0.3 is 0 Å². The molecule has 0 heterocycles. The van der Waals surface area contributed by atoms with Gasteiger partial charge in [-0.1, -0.05) is 6.58 Å². The Balaban J connectivity index is 4.22. The van der Waals surface area contributed by atoms with E-state index >= 15 is 0 Å². The second-order valence-electron chi connectivity index (χ2n) is 3.35. The summed E-state index contributed by atoms with van der Waals surface area (Å²) in [6.07, 6.45) is 1.69. The second kappa shape index (κ2) is 5.59. The molecule has 4 nitrogen and oxygen atoms in total. The molecule has 0 aromatic heterocycles. The molecule has 0 saturated heterocycles. The van der Waals surface area contributed by atoms with Crippen molar-refractivity contribution >= 4 is 5.84 Å². The van der Waals surface area contributed by atoms with Gasteiger partial charge in [0.1, 0.15) is 5.84 Å². The molecule has 0 radical (unpaired) electrons. The van der Waals surface area contributed by atoms with Gasteiger partial charge in [0.05, 0.1) is 6.54 Å². The first-order valence-electron chi connectivity index (χ1n) is 4.35. The zero-order chi connectivity index (χ0) is 10.4. The summed E-state index contributed by atoms with van der Waals surface area (Å²) in [7, 11) is 3.92. The maximum atomic E-state index is 5.27. The van der Waals surface area contributed by atoms with Crippen molar-refractivity contribution in [2.45, 2.75) is 19.9 Å². The normalized spacial score (nSPS) is 12.3. The van der Waals surface area contributed by atoms with Crippen LogP contribution < -0.4 is 5.84 Å². The lowest BCUT2D eigenvalue weighted by atomic mass is 10.3. The Kier molecular flexibility index (Phi) is 5.14. The zero-order valence-corrected chi connectivity index (χ0v) is 8.99. The lowest BCUT2D eigenvalue weighted by Crippen LogP contribution is -2.38. The van der Waals surface area contributed by atoms with Crippen molar-refractivity contribution in [3.63, 3.8) is 0 Å². The van der Waals surface area contributed by atoms with E-state index in [0.717, 1.165) is 12.4 Å². The molecule has 0 saturated carbocycles. The van der Waals surface area contributed by atoms with E-state index in [1.165, 1.54) is 0 Å². The molecular weight excluding hydrogens is 164 g/mol. The summed E-state index contributed by atoms with van der Waals surface area (Å²) in [4.78, 5) is 3.98. The number of hydrazone groups is 1. The van der Waals surface area contributed by atoms with Crippen LogP contribution in [-0.4, -0.2) is 42.3 Å². The van der Waals surface area contributed by atoms with Crippen LogP contribution in [-0.2, 0) is 0 Å². The predicted molar refractivity (Wildman–Crippen MR) is 57.3 cm³/mol. The number of hydrogen-bond donors (Lipinski definition) is 1. The number of hydrogen-bond acceptors (Lipinski definition) is 3. The van der Waals surface area contributed by atoms with Crippen LogP contribution in [0.4, 0.5) is 0 Å². The van der Waals surface area contributed by atoms with Crippen molar-refractivity contribution in [2.24, 2.45) is 10.9 Å². The quantitative estimate of drug-likeness (QED) is 0.302. The van der Waals surface area contributed by atoms with Crippen LogP contribution in [0.2, 0.25) is 0 Å². The fourth-order valence-electron chi connectivity index (χ4n) is 0.754. The number of nitrogens with two attached hydrogens (primary N) is 1. The molecule has 0 amide bonds. The second-order valence-corrected chi connectivity index (χ2v) is 3.35. The molecule has 0 rings (SSSR count). The van der Waals surface area contributed by atoms with Gasteiger partial charge < -0.3 is 10.7 Å². The van der Waals surface area contributed by atoms with Crippen LogP contribution in [0.3, 0.4) is 0 Å². The van der Waals surface area contributed by atoms with Crippen molar-refractivity contribution in [1.29, 1.82) is 0 Å². The average Bonchev–Trinajstić information content (AvgIpc) is 2.12. The summed E-state index contributed by atoms with van der Waals surface area (Å²) in [6, 6.07) is 0.481. The minimum Gasteiger partial charge on any atom is -0.338 e. The summed E-state index contributed by atoms with van der Waals surface area (Å²) in [5.41, 5.74) is 0. The summed E-state index contributed by atoms with van der Waals surface area (Å²) < 4.78 is 0. The van der Waals surface area contributed by atoms with E-state index in [2.05, 4.69) is 30.4 Å². The molecule has 13 heavy (non-hydrogen) atoms. The van der Waals surface area contributed by atoms with Gasteiger partial charge in [0.15, 0.2) is 0 Å². The van der Waals surface area contributed by atoms with Crippen molar-refractivity contribution in [3.05, 3.63) is 12.8 Å². The fraction of sp³-hybridized carbons (Fsp3) is 0.667. The molecule has 4 heteroatoms. The van der Waals surface area contributed by atoms with Gasteiger partial charge in [0.2, 0.25) is 0 Å². The molecule has 0 bridgehead atoms. The highest BCUT2D eigenvalue weighted by Crippen LogP contribution is 1.96. The van der Waals surface area contributed by atoms with Gasteiger partial charge in [0, 0.05) is 13.1 Å². The molecule has 76 valence electrons. The molecule has 0 aliphatic heterocycles. The first-order valence-corrected chi connectivity index (χ1v) is 4.35. The highest BCUT2D eigenvalue weighted by atomic mass is 15.3. The third-order valence-electron chi connectivity index (χ3n) is 2.10. The van der Waals surface area contributed by atoms with Crippen LogP contribution in [0.5, 0.6) is 0 Å². The SMILES string of the molecule is C=CN(C)/C(CN(C)C(C)C)=N\N. The molecule has 0 unspecified atom stereocenters. The van der Waals surface area contributed by atoms with E-state index < -0.39 is 0 Å². The number of amidine groups is 1. The summed E-state index contributed by atoms with van der Waals surface area (Å²) in [6.45, 7) is 8.64. The Morgan fingerprint density at radius 3 is 2.38 bits per heavy atom. The highest BCUT2D eigenvalue weighted by Gasteiger charge is 2.09. The monoisotopic (exact) mass is 184 g/mol. The smallest absolute Gasteiger partial charge is 0.142 e. The van der Waals surface area contributed by atoms with Gasteiger partial charge in [-0.3, -0.25) is 4.90 Å². The molecule has 0 spiro atoms. The summed E-state index contributed by atoms with van der Waals surface area (Å²) in [5, 5.41) is 3.71. The topological polar surface area (TPSA) is 44.9 Å². The third kappa shape index (κ3) is 3.94. The van der Waals surface area contributed by atoms with E-state index in [1.54, 1.807) is 6.20 Å². The Morgan fingerprint density at radius 1 is 1.54 bits per heavy atom. The Bertz CT molecular complexity index is 186. The molecule has 0 fully saturated rings. The van der Waals surface area contributed by atoms with Crippen LogP contribution in [0.15, 0.2) is 17.9 Å². The first-order chi connectivity index (χ1) is 6.02. The van der Waals surface area contributed by atoms with Crippen LogP contribution in [0.25, 0.3) is 0 Å². The summed E-state index contributed by atoms with van der Waals surface area (Å²) >= 11 is 0. The van der Waals surface area contributed by atoms with Crippen LogP contribution in [0.1, 0.15) is 13.8 Å². The third-order valence-corrected chi connectivity index (χ3v) is 2.10. The molecule has 0 aliphatic carbocycles. The van der Waals surface area contributed by atoms with E-state index in [1.807, 2.05) is 19.0 Å². The molecular formula is C9H20N4. The van der Waals surface area contributed by atoms with Crippen LogP contribution in [0, 0.1) is 0 Å². The zero-order valence-electron chi connectivity index (χ0n) is 8.99. The highest BCUT2D eigenvalue weighted by molar-refractivity contribution is 5.84. The lowest BCUT2D eigenvalue weighted by Gasteiger charge is -2.24. The van der Waals surface area contributed by atoms with Gasteiger partial charge in [-0.05, 0) is 27.1 Å². The van der Waals surface area contributed by atoms with Crippen LogP contribution >= 0.6 is 0 Å². The Labute approximate surface area is 80.7 Å². The molecule has 0 atom stereocenters. The van der Waals surface area contributed by atoms with Crippen molar-refractivity contribution < 1.29 is 0 Å². The van der Waals surface area contributed by atoms with E-state index in [4.69, 9.17) is 5.84 Å². The first kappa shape index (κ1) is 12.0. The van der Waals surface area contributed by atoms with Crippen molar-refractivity contribution in [2.75, 3.05) is 20.6 Å². The minimum atomic E-state index is 0.481. The molecule has 0 aliphatic rings. The van der Waals surface area contributed by atoms with E-state index in [-0.39, 0.29) is 0 Å². The number of nitrogens with zero attached hydrogens (tertiary/aromatic N) is 3. The summed E-state index contributed by atoms with van der Waals surface area (Å²) in [5.74, 6) is 6.08. The Hall–Kier alpha value is -1.03. The molecule has 0 aromatic rings. The maximum Gasteiger partial charge on any atom is 0.142 e. The average molecular weight is 184 g/mol. The predicted octanol–water partition coefficient (Wildman–Crippen LogP) is 0.674. The van der Waals surface area contributed by atoms with Gasteiger partial charge in [-0.15, -0.1) is 0 Å². The van der Waals surface area contributed by atoms with E-state index in [0.29, 0.717) is 6.04 Å². The van der Waals surface area contributed by atoms with Gasteiger partial charge in [-0.25, -0.2) is 0 Å². The van der Waals surface area contributed by atoms with E-state index in [9.17, 15) is 0 Å². The van der Waals surface area contributed by atoms with Crippen molar-refractivity contribution in [3.8, 4) is 0 Å². The van der Waals surface area contributed by atoms with Gasteiger partial charge in [-0.2, -0.15) is 5.10 Å².